The summed E-state index contributed by atoms with van der Waals surface area (Å²) in [6.07, 6.45) is -4.93. The van der Waals surface area contributed by atoms with Crippen molar-refractivity contribution in [1.29, 1.82) is 0 Å². The van der Waals surface area contributed by atoms with Crippen molar-refractivity contribution in [2.24, 2.45) is 0 Å². The Morgan fingerprint density at radius 1 is 0.952 bits per heavy atom. The topological polar surface area (TPSA) is 55.8 Å². The largest absolute Gasteiger partial charge is 0.488 e. The van der Waals surface area contributed by atoms with E-state index in [1.165, 1.54) is 12.1 Å². The van der Waals surface area contributed by atoms with Gasteiger partial charge in [-0.25, -0.2) is 4.79 Å². The number of carboxylic acid groups (broad SMARTS) is 1. The molecular formula is C33H33F3O4S2. The Balaban J connectivity index is 1.58. The number of carboxylic acids is 1. The van der Waals surface area contributed by atoms with Gasteiger partial charge in [0.15, 0.2) is 6.10 Å². The lowest BCUT2D eigenvalue weighted by Crippen LogP contribution is -2.26. The Labute approximate surface area is 252 Å². The Morgan fingerprint density at radius 3 is 2.26 bits per heavy atom. The second kappa shape index (κ2) is 13.3. The molecule has 1 unspecified atom stereocenters. The van der Waals surface area contributed by atoms with Crippen molar-refractivity contribution in [3.63, 3.8) is 0 Å². The molecule has 42 heavy (non-hydrogen) atoms. The van der Waals surface area contributed by atoms with Gasteiger partial charge in [-0.2, -0.15) is 13.2 Å². The number of halogens is 3. The number of aryl methyl sites for hydroxylation is 3. The van der Waals surface area contributed by atoms with E-state index in [4.69, 9.17) is 9.47 Å². The number of aliphatic carboxylic acids is 1. The minimum Gasteiger partial charge on any atom is -0.488 e. The zero-order valence-electron chi connectivity index (χ0n) is 24.1. The van der Waals surface area contributed by atoms with Crippen molar-refractivity contribution in [2.45, 2.75) is 70.6 Å². The fraction of sp³-hybridized carbons (Fsp3) is 0.303. The standard InChI is InChI=1S/C33H33F3O4S2/c1-6-27(32(37)38)40-28-14-13-26(15-21(28)4)41-18-30-24(17-39-31-20(3)8-7-19(2)22(31)5)16-29(42-30)23-9-11-25(12-10-23)33(34,35)36/h7-16,27H,6,17-18H2,1-5H3,(H,37,38). The molecule has 3 aromatic carbocycles. The van der Waals surface area contributed by atoms with Gasteiger partial charge in [-0.1, -0.05) is 31.2 Å². The molecule has 1 N–H and O–H groups in total. The summed E-state index contributed by atoms with van der Waals surface area (Å²) in [7, 11) is 0. The average molecular weight is 615 g/mol. The lowest BCUT2D eigenvalue weighted by atomic mass is 10.1. The Kier molecular flexibility index (Phi) is 9.94. The predicted octanol–water partition coefficient (Wildman–Crippen LogP) is 9.78. The molecule has 0 bridgehead atoms. The Hall–Kier alpha value is -3.43. The zero-order valence-corrected chi connectivity index (χ0v) is 25.7. The SMILES string of the molecule is CCC(Oc1ccc(SCc2sc(-c3ccc(C(F)(F)F)cc3)cc2COc2c(C)ccc(C)c2C)cc1C)C(=O)O. The van der Waals surface area contributed by atoms with Crippen molar-refractivity contribution < 1.29 is 32.5 Å². The van der Waals surface area contributed by atoms with Gasteiger partial charge in [0.1, 0.15) is 18.1 Å². The van der Waals surface area contributed by atoms with E-state index >= 15 is 0 Å². The number of ether oxygens (including phenoxy) is 2. The number of benzene rings is 3. The molecule has 0 saturated carbocycles. The molecule has 0 aliphatic heterocycles. The van der Waals surface area contributed by atoms with Crippen LogP contribution in [0.15, 0.2) is 65.6 Å². The van der Waals surface area contributed by atoms with Gasteiger partial charge in [-0.15, -0.1) is 23.1 Å². The monoisotopic (exact) mass is 614 g/mol. The summed E-state index contributed by atoms with van der Waals surface area (Å²) < 4.78 is 51.4. The molecule has 1 atom stereocenters. The predicted molar refractivity (Wildman–Crippen MR) is 163 cm³/mol. The number of thioether (sulfide) groups is 1. The molecule has 0 saturated heterocycles. The van der Waals surface area contributed by atoms with E-state index in [0.29, 0.717) is 24.5 Å². The summed E-state index contributed by atoms with van der Waals surface area (Å²) in [5.41, 5.74) is 5.11. The van der Waals surface area contributed by atoms with Crippen LogP contribution in [0, 0.1) is 27.7 Å². The lowest BCUT2D eigenvalue weighted by Gasteiger charge is -2.16. The van der Waals surface area contributed by atoms with E-state index in [1.807, 2.05) is 52.0 Å². The van der Waals surface area contributed by atoms with E-state index in [2.05, 4.69) is 6.07 Å². The van der Waals surface area contributed by atoms with Crippen molar-refractivity contribution in [1.82, 2.24) is 0 Å². The minimum atomic E-state index is -4.39. The Morgan fingerprint density at radius 2 is 1.64 bits per heavy atom. The molecule has 0 aliphatic rings. The smallest absolute Gasteiger partial charge is 0.416 e. The number of rotatable bonds is 11. The van der Waals surface area contributed by atoms with Crippen LogP contribution in [0.25, 0.3) is 10.4 Å². The molecule has 222 valence electrons. The van der Waals surface area contributed by atoms with Crippen LogP contribution in [0.1, 0.15) is 51.6 Å². The molecule has 4 aromatic rings. The lowest BCUT2D eigenvalue weighted by molar-refractivity contribution is -0.145. The van der Waals surface area contributed by atoms with Crippen molar-refractivity contribution in [2.75, 3.05) is 0 Å². The summed E-state index contributed by atoms with van der Waals surface area (Å²) >= 11 is 3.16. The molecule has 0 aliphatic carbocycles. The summed E-state index contributed by atoms with van der Waals surface area (Å²) in [4.78, 5) is 14.3. The van der Waals surface area contributed by atoms with Crippen LogP contribution in [0.3, 0.4) is 0 Å². The van der Waals surface area contributed by atoms with Crippen molar-refractivity contribution in [3.8, 4) is 21.9 Å². The second-order valence-corrected chi connectivity index (χ2v) is 12.3. The van der Waals surface area contributed by atoms with Crippen LogP contribution in [0.4, 0.5) is 13.2 Å². The first-order valence-corrected chi connectivity index (χ1v) is 15.3. The van der Waals surface area contributed by atoms with Gasteiger partial charge < -0.3 is 14.6 Å². The van der Waals surface area contributed by atoms with Crippen LogP contribution in [-0.2, 0) is 23.3 Å². The van der Waals surface area contributed by atoms with Gasteiger partial charge in [0.25, 0.3) is 0 Å². The highest BCUT2D eigenvalue weighted by Crippen LogP contribution is 2.39. The normalized spacial score (nSPS) is 12.3. The molecule has 0 spiro atoms. The van der Waals surface area contributed by atoms with Gasteiger partial charge in [0, 0.05) is 26.0 Å². The van der Waals surface area contributed by atoms with Gasteiger partial charge in [-0.05, 0) is 98.3 Å². The number of carbonyl (C=O) groups is 1. The maximum absolute atomic E-state index is 13.1. The minimum absolute atomic E-state index is 0.331. The van der Waals surface area contributed by atoms with Gasteiger partial charge in [0.2, 0.25) is 0 Å². The fourth-order valence-electron chi connectivity index (χ4n) is 4.43. The molecule has 4 nitrogen and oxygen atoms in total. The average Bonchev–Trinajstić information content (AvgIpc) is 3.36. The van der Waals surface area contributed by atoms with Crippen LogP contribution < -0.4 is 9.47 Å². The summed E-state index contributed by atoms with van der Waals surface area (Å²) in [6.45, 7) is 10.1. The highest BCUT2D eigenvalue weighted by molar-refractivity contribution is 7.98. The molecule has 1 aromatic heterocycles. The highest BCUT2D eigenvalue weighted by Gasteiger charge is 2.30. The van der Waals surface area contributed by atoms with E-state index in [1.54, 1.807) is 36.1 Å². The molecule has 0 amide bonds. The third kappa shape index (κ3) is 7.50. The van der Waals surface area contributed by atoms with Crippen LogP contribution in [0.5, 0.6) is 11.5 Å². The zero-order chi connectivity index (χ0) is 30.6. The molecule has 0 fully saturated rings. The molecule has 0 radical (unpaired) electrons. The highest BCUT2D eigenvalue weighted by atomic mass is 32.2. The molecule has 4 rings (SSSR count). The molecule has 1 heterocycles. The van der Waals surface area contributed by atoms with Gasteiger partial charge in [0.05, 0.1) is 5.56 Å². The first-order chi connectivity index (χ1) is 19.9. The van der Waals surface area contributed by atoms with E-state index < -0.39 is 23.8 Å². The van der Waals surface area contributed by atoms with Crippen molar-refractivity contribution in [3.05, 3.63) is 98.9 Å². The first-order valence-electron chi connectivity index (χ1n) is 13.5. The van der Waals surface area contributed by atoms with E-state index in [-0.39, 0.29) is 0 Å². The molecule has 9 heteroatoms. The quantitative estimate of drug-likeness (QED) is 0.171. The third-order valence-corrected chi connectivity index (χ3v) is 9.50. The number of thiophene rings is 1. The fourth-order valence-corrected chi connectivity index (χ4v) is 6.72. The maximum atomic E-state index is 13.1. The number of hydrogen-bond acceptors (Lipinski definition) is 5. The Bertz CT molecular complexity index is 1560. The van der Waals surface area contributed by atoms with Crippen molar-refractivity contribution >= 4 is 29.1 Å². The summed E-state index contributed by atoms with van der Waals surface area (Å²) in [5, 5.41) is 9.32. The van der Waals surface area contributed by atoms with Crippen LogP contribution in [-0.4, -0.2) is 17.2 Å². The second-order valence-electron chi connectivity index (χ2n) is 10.1. The number of alkyl halides is 3. The third-order valence-electron chi connectivity index (χ3n) is 7.07. The van der Waals surface area contributed by atoms with Gasteiger partial charge in [-0.3, -0.25) is 0 Å². The number of hydrogen-bond donors (Lipinski definition) is 1. The summed E-state index contributed by atoms with van der Waals surface area (Å²) in [5.74, 6) is 1.01. The van der Waals surface area contributed by atoms with Crippen LogP contribution in [0.2, 0.25) is 0 Å². The maximum Gasteiger partial charge on any atom is 0.416 e. The summed E-state index contributed by atoms with van der Waals surface area (Å²) in [6, 6.07) is 17.0. The van der Waals surface area contributed by atoms with E-state index in [9.17, 15) is 23.1 Å². The first kappa shape index (κ1) is 31.5. The van der Waals surface area contributed by atoms with E-state index in [0.717, 1.165) is 65.9 Å². The van der Waals surface area contributed by atoms with Crippen LogP contribution >= 0.6 is 23.1 Å². The van der Waals surface area contributed by atoms with Gasteiger partial charge >= 0.3 is 12.1 Å². The molecular weight excluding hydrogens is 581 g/mol.